The number of carbonyl (C=O) groups excluding carboxylic acids is 1. The smallest absolute Gasteiger partial charge is 0.335 e. The van der Waals surface area contributed by atoms with E-state index in [-0.39, 0.29) is 41.5 Å². The fourth-order valence-electron chi connectivity index (χ4n) is 2.29. The van der Waals surface area contributed by atoms with Gasteiger partial charge >= 0.3 is 5.97 Å². The van der Waals surface area contributed by atoms with E-state index < -0.39 is 23.3 Å². The third-order valence-electron chi connectivity index (χ3n) is 3.72. The van der Waals surface area contributed by atoms with Crippen molar-refractivity contribution in [3.05, 3.63) is 65.0 Å². The number of rotatable bonds is 8. The molecule has 0 amide bonds. The van der Waals surface area contributed by atoms with E-state index in [1.807, 2.05) is 0 Å². The SMILES string of the molecule is N=C(C(=O)C=C(N)c1ccc(C(=O)O)cc1)c1cc(F)c(OCCO)cc1N. The maximum atomic E-state index is 14.0. The number of carbonyl (C=O) groups is 2. The number of allylic oxidation sites excluding steroid dienone is 1. The number of nitrogens with two attached hydrogens (primary N) is 2. The van der Waals surface area contributed by atoms with Crippen LogP contribution >= 0.6 is 0 Å². The van der Waals surface area contributed by atoms with E-state index >= 15 is 0 Å². The van der Waals surface area contributed by atoms with Gasteiger partial charge in [-0.25, -0.2) is 9.18 Å². The summed E-state index contributed by atoms with van der Waals surface area (Å²) in [5, 5.41) is 25.6. The fourth-order valence-corrected chi connectivity index (χ4v) is 2.29. The molecule has 0 radical (unpaired) electrons. The number of carboxylic acid groups (broad SMARTS) is 1. The maximum Gasteiger partial charge on any atom is 0.335 e. The summed E-state index contributed by atoms with van der Waals surface area (Å²) in [6.07, 6.45) is 0.978. The molecule has 9 heteroatoms. The van der Waals surface area contributed by atoms with E-state index in [1.165, 1.54) is 24.3 Å². The number of nitrogens with one attached hydrogen (secondary N) is 1. The lowest BCUT2D eigenvalue weighted by Crippen LogP contribution is -2.16. The van der Waals surface area contributed by atoms with Crippen molar-refractivity contribution >= 4 is 28.8 Å². The average molecular weight is 387 g/mol. The zero-order chi connectivity index (χ0) is 20.8. The number of carboxylic acids is 1. The lowest BCUT2D eigenvalue weighted by Gasteiger charge is -2.11. The Morgan fingerprint density at radius 1 is 1.18 bits per heavy atom. The highest BCUT2D eigenvalue weighted by atomic mass is 19.1. The summed E-state index contributed by atoms with van der Waals surface area (Å²) in [6.45, 7) is -0.445. The Hall–Kier alpha value is -3.72. The van der Waals surface area contributed by atoms with E-state index in [1.54, 1.807) is 0 Å². The molecular weight excluding hydrogens is 369 g/mol. The highest BCUT2D eigenvalue weighted by molar-refractivity contribution is 6.50. The standard InChI is InChI=1S/C19H18FN3O5/c20-13-7-12(15(22)9-17(13)28-6-5-24)18(23)16(25)8-14(21)10-1-3-11(4-2-10)19(26)27/h1-4,7-9,23-24H,5-6,21-22H2,(H,26,27). The van der Waals surface area contributed by atoms with Crippen LogP contribution < -0.4 is 16.2 Å². The van der Waals surface area contributed by atoms with Gasteiger partial charge in [0.2, 0.25) is 5.78 Å². The third kappa shape index (κ3) is 4.71. The molecule has 28 heavy (non-hydrogen) atoms. The molecule has 0 unspecified atom stereocenters. The predicted octanol–water partition coefficient (Wildman–Crippen LogP) is 1.41. The summed E-state index contributed by atoms with van der Waals surface area (Å²) >= 11 is 0. The van der Waals surface area contributed by atoms with Gasteiger partial charge in [0, 0.05) is 29.1 Å². The van der Waals surface area contributed by atoms with Crippen LogP contribution in [0, 0.1) is 11.2 Å². The second kappa shape index (κ2) is 8.78. The molecule has 0 aliphatic heterocycles. The van der Waals surface area contributed by atoms with Crippen LogP contribution in [0.2, 0.25) is 0 Å². The topological polar surface area (TPSA) is 160 Å². The Morgan fingerprint density at radius 3 is 2.36 bits per heavy atom. The first-order chi connectivity index (χ1) is 13.2. The largest absolute Gasteiger partial charge is 0.488 e. The van der Waals surface area contributed by atoms with Gasteiger partial charge in [-0.15, -0.1) is 0 Å². The zero-order valence-corrected chi connectivity index (χ0v) is 14.6. The van der Waals surface area contributed by atoms with Crippen molar-refractivity contribution in [2.45, 2.75) is 0 Å². The molecule has 8 nitrogen and oxygen atoms in total. The highest BCUT2D eigenvalue weighted by Crippen LogP contribution is 2.25. The van der Waals surface area contributed by atoms with Crippen molar-refractivity contribution in [2.24, 2.45) is 5.73 Å². The molecule has 0 spiro atoms. The second-order valence-corrected chi connectivity index (χ2v) is 5.66. The van der Waals surface area contributed by atoms with Gasteiger partial charge in [-0.05, 0) is 23.8 Å². The van der Waals surface area contributed by atoms with Crippen molar-refractivity contribution in [1.82, 2.24) is 0 Å². The maximum absolute atomic E-state index is 14.0. The minimum absolute atomic E-state index is 0.00799. The molecule has 2 rings (SSSR count). The van der Waals surface area contributed by atoms with Crippen LogP contribution in [-0.4, -0.2) is 40.9 Å². The number of benzene rings is 2. The van der Waals surface area contributed by atoms with Crippen LogP contribution in [0.15, 0.2) is 42.5 Å². The number of ketones is 1. The van der Waals surface area contributed by atoms with Gasteiger partial charge in [0.1, 0.15) is 12.3 Å². The second-order valence-electron chi connectivity index (χ2n) is 5.66. The molecule has 0 aliphatic carbocycles. The predicted molar refractivity (Wildman–Crippen MR) is 101 cm³/mol. The van der Waals surface area contributed by atoms with Gasteiger partial charge < -0.3 is 26.4 Å². The number of aliphatic hydroxyl groups is 1. The van der Waals surface area contributed by atoms with E-state index in [4.69, 9.17) is 31.8 Å². The van der Waals surface area contributed by atoms with E-state index in [0.717, 1.165) is 18.2 Å². The number of aromatic carboxylic acids is 1. The van der Waals surface area contributed by atoms with Crippen molar-refractivity contribution in [2.75, 3.05) is 18.9 Å². The summed E-state index contributed by atoms with van der Waals surface area (Å²) in [4.78, 5) is 23.2. The number of anilines is 1. The van der Waals surface area contributed by atoms with Crippen LogP contribution in [-0.2, 0) is 4.79 Å². The van der Waals surface area contributed by atoms with Gasteiger partial charge in [0.25, 0.3) is 0 Å². The number of aliphatic hydroxyl groups excluding tert-OH is 1. The summed E-state index contributed by atoms with van der Waals surface area (Å²) in [6, 6.07) is 7.52. The average Bonchev–Trinajstić information content (AvgIpc) is 2.67. The Balaban J connectivity index is 2.24. The lowest BCUT2D eigenvalue weighted by molar-refractivity contribution is -0.108. The van der Waals surface area contributed by atoms with Crippen LogP contribution in [0.5, 0.6) is 5.75 Å². The van der Waals surface area contributed by atoms with E-state index in [2.05, 4.69) is 0 Å². The number of ether oxygens (including phenoxy) is 1. The first kappa shape index (κ1) is 20.6. The highest BCUT2D eigenvalue weighted by Gasteiger charge is 2.17. The Labute approximate surface area is 159 Å². The van der Waals surface area contributed by atoms with Crippen LogP contribution in [0.4, 0.5) is 10.1 Å². The Kier molecular flexibility index (Phi) is 6.46. The lowest BCUT2D eigenvalue weighted by atomic mass is 10.0. The summed E-state index contributed by atoms with van der Waals surface area (Å²) in [7, 11) is 0. The quantitative estimate of drug-likeness (QED) is 0.260. The van der Waals surface area contributed by atoms with E-state index in [0.29, 0.717) is 5.56 Å². The van der Waals surface area contributed by atoms with Gasteiger partial charge in [0.15, 0.2) is 11.6 Å². The molecule has 7 N–H and O–H groups in total. The minimum atomic E-state index is -1.10. The molecule has 2 aromatic carbocycles. The van der Waals surface area contributed by atoms with Crippen LogP contribution in [0.1, 0.15) is 21.5 Å². The normalized spacial score (nSPS) is 11.1. The van der Waals surface area contributed by atoms with Crippen molar-refractivity contribution < 1.29 is 28.9 Å². The molecule has 2 aromatic rings. The third-order valence-corrected chi connectivity index (χ3v) is 3.72. The number of nitrogen functional groups attached to an aromatic ring is 1. The molecule has 0 saturated carbocycles. The molecule has 0 aliphatic rings. The monoisotopic (exact) mass is 387 g/mol. The number of hydrogen-bond acceptors (Lipinski definition) is 7. The first-order valence-corrected chi connectivity index (χ1v) is 8.01. The van der Waals surface area contributed by atoms with Gasteiger partial charge in [0.05, 0.1) is 12.2 Å². The van der Waals surface area contributed by atoms with Gasteiger partial charge in [-0.1, -0.05) is 12.1 Å². The Bertz CT molecular complexity index is 955. The van der Waals surface area contributed by atoms with Crippen LogP contribution in [0.3, 0.4) is 0 Å². The molecular formula is C19H18FN3O5. The summed E-state index contributed by atoms with van der Waals surface area (Å²) < 4.78 is 19.0. The molecule has 0 saturated heterocycles. The molecule has 0 aromatic heterocycles. The molecule has 146 valence electrons. The van der Waals surface area contributed by atoms with Gasteiger partial charge in [-0.3, -0.25) is 10.2 Å². The minimum Gasteiger partial charge on any atom is -0.488 e. The van der Waals surface area contributed by atoms with E-state index in [9.17, 15) is 14.0 Å². The number of halogens is 1. The Morgan fingerprint density at radius 2 is 1.79 bits per heavy atom. The summed E-state index contributed by atoms with van der Waals surface area (Å²) in [5.74, 6) is -2.95. The van der Waals surface area contributed by atoms with Crippen molar-refractivity contribution in [3.8, 4) is 5.75 Å². The number of hydrogen-bond donors (Lipinski definition) is 5. The molecule has 0 heterocycles. The summed E-state index contributed by atoms with van der Waals surface area (Å²) in [5.41, 5.74) is 11.3. The molecule has 0 fully saturated rings. The first-order valence-electron chi connectivity index (χ1n) is 8.01. The van der Waals surface area contributed by atoms with Gasteiger partial charge in [-0.2, -0.15) is 0 Å². The molecule has 0 atom stereocenters. The van der Waals surface area contributed by atoms with Crippen molar-refractivity contribution in [1.29, 1.82) is 5.41 Å². The molecule has 0 bridgehead atoms. The van der Waals surface area contributed by atoms with Crippen molar-refractivity contribution in [3.63, 3.8) is 0 Å². The fraction of sp³-hybridized carbons (Fsp3) is 0.105. The van der Waals surface area contributed by atoms with Crippen LogP contribution in [0.25, 0.3) is 5.70 Å². The zero-order valence-electron chi connectivity index (χ0n) is 14.6.